The van der Waals surface area contributed by atoms with E-state index in [1.807, 2.05) is 12.1 Å². The van der Waals surface area contributed by atoms with Crippen LogP contribution in [0.2, 0.25) is 0 Å². The average Bonchev–Trinajstić information content (AvgIpc) is 3.98. The number of rotatable bonds is 5. The van der Waals surface area contributed by atoms with Gasteiger partial charge in [0.15, 0.2) is 17.5 Å². The first-order valence-corrected chi connectivity index (χ1v) is 21.8. The third kappa shape index (κ3) is 5.31. The molecule has 296 valence electrons. The van der Waals surface area contributed by atoms with Crippen LogP contribution in [0.15, 0.2) is 205 Å². The molecule has 3 aliphatic rings. The molecule has 10 aromatic rings. The van der Waals surface area contributed by atoms with Crippen molar-refractivity contribution >= 4 is 27.5 Å². The summed E-state index contributed by atoms with van der Waals surface area (Å²) in [5.74, 6) is 2.39. The quantitative estimate of drug-likeness (QED) is 0.174. The monoisotopic (exact) mass is 805 g/mol. The van der Waals surface area contributed by atoms with E-state index in [9.17, 15) is 0 Å². The van der Waals surface area contributed by atoms with Crippen LogP contribution in [-0.4, -0.2) is 15.0 Å². The second-order valence-corrected chi connectivity index (χ2v) is 17.1. The number of para-hydroxylation sites is 1. The maximum Gasteiger partial charge on any atom is 0.164 e. The molecule has 0 fully saturated rings. The first-order valence-electron chi connectivity index (χ1n) is 21.8. The summed E-state index contributed by atoms with van der Waals surface area (Å²) in [5.41, 5.74) is 19.0. The molecule has 3 aliphatic carbocycles. The van der Waals surface area contributed by atoms with Gasteiger partial charge in [-0.1, -0.05) is 183 Å². The van der Waals surface area contributed by atoms with Crippen LogP contribution in [0.4, 0.5) is 0 Å². The first kappa shape index (κ1) is 35.8. The second-order valence-electron chi connectivity index (χ2n) is 17.1. The third-order valence-electron chi connectivity index (χ3n) is 13.5. The number of benzene rings is 8. The number of allylic oxidation sites excluding steroid dienone is 4. The van der Waals surface area contributed by atoms with Crippen LogP contribution in [0.3, 0.4) is 0 Å². The van der Waals surface area contributed by atoms with Crippen molar-refractivity contribution in [2.24, 2.45) is 5.92 Å². The number of furan rings is 1. The molecular weight excluding hydrogens is 767 g/mol. The van der Waals surface area contributed by atoms with Gasteiger partial charge < -0.3 is 4.42 Å². The molecule has 2 aromatic heterocycles. The number of hydrogen-bond donors (Lipinski definition) is 0. The molecule has 4 nitrogen and oxygen atoms in total. The minimum Gasteiger partial charge on any atom is -0.456 e. The van der Waals surface area contributed by atoms with Gasteiger partial charge in [0.2, 0.25) is 0 Å². The average molecular weight is 806 g/mol. The van der Waals surface area contributed by atoms with E-state index in [1.165, 1.54) is 50.1 Å². The molecule has 0 aliphatic heterocycles. The smallest absolute Gasteiger partial charge is 0.164 e. The van der Waals surface area contributed by atoms with Crippen LogP contribution in [-0.2, 0) is 5.41 Å². The highest BCUT2D eigenvalue weighted by molar-refractivity contribution is 6.06. The van der Waals surface area contributed by atoms with Crippen LogP contribution < -0.4 is 0 Å². The van der Waals surface area contributed by atoms with Gasteiger partial charge in [-0.2, -0.15) is 0 Å². The summed E-state index contributed by atoms with van der Waals surface area (Å²) in [6, 6.07) is 65.7. The molecule has 0 saturated heterocycles. The van der Waals surface area contributed by atoms with E-state index < -0.39 is 5.41 Å². The molecule has 4 heteroatoms. The summed E-state index contributed by atoms with van der Waals surface area (Å²) < 4.78 is 6.35. The summed E-state index contributed by atoms with van der Waals surface area (Å²) in [6.45, 7) is 2.24. The number of hydrogen-bond acceptors (Lipinski definition) is 4. The Hall–Kier alpha value is -7.95. The van der Waals surface area contributed by atoms with Gasteiger partial charge in [0.25, 0.3) is 0 Å². The van der Waals surface area contributed by atoms with Crippen LogP contribution in [0.5, 0.6) is 0 Å². The van der Waals surface area contributed by atoms with Gasteiger partial charge in [-0.25, -0.2) is 15.0 Å². The van der Waals surface area contributed by atoms with E-state index >= 15 is 0 Å². The topological polar surface area (TPSA) is 51.8 Å². The lowest BCUT2D eigenvalue weighted by Gasteiger charge is -2.32. The lowest BCUT2D eigenvalue weighted by molar-refractivity contribution is 0.669. The van der Waals surface area contributed by atoms with Gasteiger partial charge in [-0.3, -0.25) is 0 Å². The van der Waals surface area contributed by atoms with E-state index in [4.69, 9.17) is 19.4 Å². The van der Waals surface area contributed by atoms with Crippen LogP contribution >= 0.6 is 0 Å². The Morgan fingerprint density at radius 1 is 0.444 bits per heavy atom. The highest BCUT2D eigenvalue weighted by Gasteiger charge is 2.52. The fraction of sp³-hybridized carbons (Fsp3) is 0.0678. The van der Waals surface area contributed by atoms with Gasteiger partial charge in [0.05, 0.1) is 5.41 Å². The maximum atomic E-state index is 6.35. The van der Waals surface area contributed by atoms with Crippen molar-refractivity contribution in [2.75, 3.05) is 0 Å². The molecule has 0 bridgehead atoms. The Balaban J connectivity index is 0.993. The van der Waals surface area contributed by atoms with Crippen molar-refractivity contribution in [3.63, 3.8) is 0 Å². The van der Waals surface area contributed by atoms with Crippen molar-refractivity contribution in [3.05, 3.63) is 228 Å². The number of fused-ring (bicyclic) bond motifs is 13. The molecule has 1 atom stereocenters. The Morgan fingerprint density at radius 3 is 1.75 bits per heavy atom. The van der Waals surface area contributed by atoms with Gasteiger partial charge >= 0.3 is 0 Å². The van der Waals surface area contributed by atoms with Crippen molar-refractivity contribution in [1.29, 1.82) is 0 Å². The summed E-state index contributed by atoms with van der Waals surface area (Å²) in [7, 11) is 0. The Kier molecular flexibility index (Phi) is 7.83. The Labute approximate surface area is 365 Å². The lowest BCUT2D eigenvalue weighted by atomic mass is 9.68. The van der Waals surface area contributed by atoms with E-state index in [2.05, 4.69) is 195 Å². The van der Waals surface area contributed by atoms with E-state index in [-0.39, 0.29) is 0 Å². The molecular formula is C59H39N3O. The third-order valence-corrected chi connectivity index (χ3v) is 13.5. The molecule has 1 unspecified atom stereocenters. The predicted octanol–water partition coefficient (Wildman–Crippen LogP) is 14.8. The zero-order valence-electron chi connectivity index (χ0n) is 34.6. The second kappa shape index (κ2) is 13.8. The Morgan fingerprint density at radius 2 is 1.00 bits per heavy atom. The first-order chi connectivity index (χ1) is 31.1. The Bertz CT molecular complexity index is 3530. The van der Waals surface area contributed by atoms with Crippen LogP contribution in [0, 0.1) is 5.92 Å². The van der Waals surface area contributed by atoms with Crippen molar-refractivity contribution in [1.82, 2.24) is 15.0 Å². The molecule has 0 radical (unpaired) electrons. The predicted molar refractivity (Wildman–Crippen MR) is 256 cm³/mol. The fourth-order valence-electron chi connectivity index (χ4n) is 10.7. The van der Waals surface area contributed by atoms with Gasteiger partial charge in [-0.15, -0.1) is 0 Å². The SMILES string of the molecule is CC1C=CC(c2nc(-c3cccc(-c4cccc5c4C4(c6ccccc6-c6ccccc64)c4ccccc4-5)c3)nc(-c3ccccc3-c3ccc4c(c3)oc3ccccc34)n2)=CC1. The maximum absolute atomic E-state index is 6.35. The summed E-state index contributed by atoms with van der Waals surface area (Å²) >= 11 is 0. The fourth-order valence-corrected chi connectivity index (χ4v) is 10.7. The van der Waals surface area contributed by atoms with Crippen LogP contribution in [0.1, 0.15) is 41.4 Å². The summed E-state index contributed by atoms with van der Waals surface area (Å²) in [4.78, 5) is 15.8. The van der Waals surface area contributed by atoms with E-state index in [0.29, 0.717) is 23.4 Å². The standard InChI is InChI=1S/C59H39N3O/c1-36-28-30-37(31-29-36)56-60-57(62-58(61-56)49-21-3-2-16-41(49)39-32-33-47-46-20-7-11-27-53(46)63-54(47)35-39)40-15-12-14-38(34-40)42-22-13-23-48-45-19-6-10-26-52(45)59(55(42)48)50-24-8-4-17-43(50)44-18-5-9-25-51(44)59/h2-28,30-36H,29H2,1H3. The van der Waals surface area contributed by atoms with Gasteiger partial charge in [-0.05, 0) is 103 Å². The highest BCUT2D eigenvalue weighted by atomic mass is 16.3. The number of aromatic nitrogens is 3. The molecule has 13 rings (SSSR count). The minimum absolute atomic E-state index is 0.459. The molecule has 8 aromatic carbocycles. The molecule has 0 N–H and O–H groups in total. The van der Waals surface area contributed by atoms with Gasteiger partial charge in [0.1, 0.15) is 11.2 Å². The van der Waals surface area contributed by atoms with E-state index in [1.54, 1.807) is 0 Å². The normalized spacial score (nSPS) is 15.3. The molecule has 63 heavy (non-hydrogen) atoms. The van der Waals surface area contributed by atoms with Gasteiger partial charge in [0, 0.05) is 27.5 Å². The van der Waals surface area contributed by atoms with Crippen LogP contribution in [0.25, 0.3) is 94.8 Å². The number of nitrogens with zero attached hydrogens (tertiary/aromatic N) is 3. The zero-order valence-corrected chi connectivity index (χ0v) is 34.6. The lowest BCUT2D eigenvalue weighted by Crippen LogP contribution is -2.26. The highest BCUT2D eigenvalue weighted by Crippen LogP contribution is 2.64. The van der Waals surface area contributed by atoms with Crippen molar-refractivity contribution < 1.29 is 4.42 Å². The summed E-state index contributed by atoms with van der Waals surface area (Å²) in [5, 5.41) is 2.21. The minimum atomic E-state index is -0.467. The van der Waals surface area contributed by atoms with Crippen molar-refractivity contribution in [2.45, 2.75) is 18.8 Å². The molecule has 2 heterocycles. The molecule has 1 spiro atoms. The molecule has 0 saturated carbocycles. The molecule has 0 amide bonds. The zero-order chi connectivity index (χ0) is 41.6. The van der Waals surface area contributed by atoms with Crippen molar-refractivity contribution in [3.8, 4) is 67.3 Å². The summed E-state index contributed by atoms with van der Waals surface area (Å²) in [6.07, 6.45) is 7.60. The largest absolute Gasteiger partial charge is 0.456 e. The van der Waals surface area contributed by atoms with E-state index in [0.717, 1.165) is 61.7 Å².